The van der Waals surface area contributed by atoms with Gasteiger partial charge in [-0.15, -0.1) is 0 Å². The standard InChI is InChI=1S/C16H25N5O4/c1-10(22)7-5-6-8-21-15(24)13-14(20(4)16(21)25)18-12(19(13)3)9-17-11(2)23/h10,22H,5-9H2,1-4H3,(H,17,23). The van der Waals surface area contributed by atoms with E-state index in [9.17, 15) is 19.5 Å². The number of amides is 1. The molecule has 1 atom stereocenters. The van der Waals surface area contributed by atoms with Gasteiger partial charge in [-0.2, -0.15) is 0 Å². The van der Waals surface area contributed by atoms with Gasteiger partial charge in [0.15, 0.2) is 11.2 Å². The van der Waals surface area contributed by atoms with Gasteiger partial charge >= 0.3 is 5.69 Å². The molecule has 0 aromatic carbocycles. The lowest BCUT2D eigenvalue weighted by molar-refractivity contribution is -0.119. The highest BCUT2D eigenvalue weighted by Gasteiger charge is 2.18. The zero-order chi connectivity index (χ0) is 18.7. The molecule has 0 fully saturated rings. The molecule has 0 saturated carbocycles. The highest BCUT2D eigenvalue weighted by atomic mass is 16.3. The van der Waals surface area contributed by atoms with Crippen LogP contribution in [-0.2, 0) is 32.0 Å². The minimum Gasteiger partial charge on any atom is -0.393 e. The highest BCUT2D eigenvalue weighted by molar-refractivity contribution is 5.73. The van der Waals surface area contributed by atoms with Crippen LogP contribution in [0.25, 0.3) is 11.2 Å². The summed E-state index contributed by atoms with van der Waals surface area (Å²) in [6.07, 6.45) is 1.59. The first kappa shape index (κ1) is 18.9. The summed E-state index contributed by atoms with van der Waals surface area (Å²) in [7, 11) is 3.27. The zero-order valence-electron chi connectivity index (χ0n) is 15.1. The summed E-state index contributed by atoms with van der Waals surface area (Å²) in [4.78, 5) is 40.7. The molecule has 1 unspecified atom stereocenters. The Hall–Kier alpha value is -2.42. The molecule has 9 nitrogen and oxygen atoms in total. The van der Waals surface area contributed by atoms with Crippen molar-refractivity contribution in [2.24, 2.45) is 14.1 Å². The molecular formula is C16H25N5O4. The van der Waals surface area contributed by atoms with E-state index in [0.29, 0.717) is 36.4 Å². The van der Waals surface area contributed by atoms with Gasteiger partial charge in [0, 0.05) is 27.6 Å². The number of aryl methyl sites for hydroxylation is 2. The second kappa shape index (κ2) is 7.64. The van der Waals surface area contributed by atoms with E-state index in [1.54, 1.807) is 25.6 Å². The van der Waals surface area contributed by atoms with Crippen molar-refractivity contribution < 1.29 is 9.90 Å². The van der Waals surface area contributed by atoms with Crippen LogP contribution in [-0.4, -0.2) is 35.8 Å². The van der Waals surface area contributed by atoms with Crippen LogP contribution in [0.3, 0.4) is 0 Å². The van der Waals surface area contributed by atoms with Gasteiger partial charge < -0.3 is 15.0 Å². The van der Waals surface area contributed by atoms with Gasteiger partial charge in [-0.05, 0) is 26.2 Å². The molecule has 2 heterocycles. The summed E-state index contributed by atoms with van der Waals surface area (Å²) >= 11 is 0. The van der Waals surface area contributed by atoms with E-state index >= 15 is 0 Å². The van der Waals surface area contributed by atoms with Crippen molar-refractivity contribution >= 4 is 17.1 Å². The topological polar surface area (TPSA) is 111 Å². The maximum absolute atomic E-state index is 12.8. The molecule has 0 aliphatic heterocycles. The monoisotopic (exact) mass is 351 g/mol. The number of unbranched alkanes of at least 4 members (excludes halogenated alkanes) is 1. The molecular weight excluding hydrogens is 326 g/mol. The summed E-state index contributed by atoms with van der Waals surface area (Å²) in [5.74, 6) is 0.306. The normalized spacial score (nSPS) is 12.5. The number of rotatable bonds is 7. The summed E-state index contributed by atoms with van der Waals surface area (Å²) in [6, 6.07) is 0. The molecule has 0 aliphatic carbocycles. The predicted molar refractivity (Wildman–Crippen MR) is 93.3 cm³/mol. The van der Waals surface area contributed by atoms with Crippen LogP contribution < -0.4 is 16.6 Å². The molecule has 0 aliphatic rings. The Bertz CT molecular complexity index is 891. The van der Waals surface area contributed by atoms with Crippen LogP contribution in [0.1, 0.15) is 38.9 Å². The third kappa shape index (κ3) is 3.98. The number of nitrogens with one attached hydrogen (secondary N) is 1. The minimum absolute atomic E-state index is 0.183. The summed E-state index contributed by atoms with van der Waals surface area (Å²) in [6.45, 7) is 3.59. The van der Waals surface area contributed by atoms with Crippen molar-refractivity contribution in [3.63, 3.8) is 0 Å². The van der Waals surface area contributed by atoms with E-state index in [4.69, 9.17) is 0 Å². The molecule has 1 amide bonds. The molecule has 0 saturated heterocycles. The number of aliphatic hydroxyl groups excluding tert-OH is 1. The number of fused-ring (bicyclic) bond motifs is 1. The molecule has 0 radical (unpaired) electrons. The first-order valence-electron chi connectivity index (χ1n) is 8.31. The number of aliphatic hydroxyl groups is 1. The summed E-state index contributed by atoms with van der Waals surface area (Å²) in [5.41, 5.74) is -0.172. The minimum atomic E-state index is -0.418. The molecule has 9 heteroatoms. The maximum atomic E-state index is 12.8. The van der Waals surface area contributed by atoms with E-state index in [1.807, 2.05) is 0 Å². The second-order valence-electron chi connectivity index (χ2n) is 6.31. The second-order valence-corrected chi connectivity index (χ2v) is 6.31. The Morgan fingerprint density at radius 1 is 1.24 bits per heavy atom. The maximum Gasteiger partial charge on any atom is 0.332 e. The van der Waals surface area contributed by atoms with Gasteiger partial charge in [0.2, 0.25) is 5.91 Å². The van der Waals surface area contributed by atoms with Crippen LogP contribution in [0.15, 0.2) is 9.59 Å². The molecule has 138 valence electrons. The van der Waals surface area contributed by atoms with E-state index in [1.165, 1.54) is 16.1 Å². The van der Waals surface area contributed by atoms with E-state index in [2.05, 4.69) is 10.3 Å². The Labute approximate surface area is 144 Å². The van der Waals surface area contributed by atoms with E-state index in [-0.39, 0.29) is 18.0 Å². The van der Waals surface area contributed by atoms with Crippen molar-refractivity contribution in [1.29, 1.82) is 0 Å². The fourth-order valence-electron chi connectivity index (χ4n) is 2.76. The first-order chi connectivity index (χ1) is 11.7. The van der Waals surface area contributed by atoms with Gasteiger partial charge in [0.25, 0.3) is 5.56 Å². The smallest absolute Gasteiger partial charge is 0.332 e. The zero-order valence-corrected chi connectivity index (χ0v) is 15.1. The lowest BCUT2D eigenvalue weighted by atomic mass is 10.2. The SMILES string of the molecule is CC(=O)NCc1nc2c(c(=O)n(CCCCC(C)O)c(=O)n2C)n1C. The Morgan fingerprint density at radius 3 is 2.52 bits per heavy atom. The van der Waals surface area contributed by atoms with Crippen LogP contribution in [0.2, 0.25) is 0 Å². The fourth-order valence-corrected chi connectivity index (χ4v) is 2.76. The average molecular weight is 351 g/mol. The molecule has 25 heavy (non-hydrogen) atoms. The quantitative estimate of drug-likeness (QED) is 0.661. The molecule has 2 aromatic rings. The largest absolute Gasteiger partial charge is 0.393 e. The van der Waals surface area contributed by atoms with Crippen LogP contribution in [0, 0.1) is 0 Å². The molecule has 0 spiro atoms. The molecule has 2 N–H and O–H groups in total. The summed E-state index contributed by atoms with van der Waals surface area (Å²) < 4.78 is 4.16. The number of hydrogen-bond donors (Lipinski definition) is 2. The molecule has 2 rings (SSSR count). The Kier molecular flexibility index (Phi) is 5.78. The van der Waals surface area contributed by atoms with Crippen LogP contribution in [0.4, 0.5) is 0 Å². The number of carbonyl (C=O) groups excluding carboxylic acids is 1. The van der Waals surface area contributed by atoms with Gasteiger partial charge in [0.1, 0.15) is 5.82 Å². The van der Waals surface area contributed by atoms with Gasteiger partial charge in [-0.25, -0.2) is 9.78 Å². The fraction of sp³-hybridized carbons (Fsp3) is 0.625. The van der Waals surface area contributed by atoms with Crippen molar-refractivity contribution in [3.05, 3.63) is 26.7 Å². The lowest BCUT2D eigenvalue weighted by Crippen LogP contribution is -2.39. The number of nitrogens with zero attached hydrogens (tertiary/aromatic N) is 4. The lowest BCUT2D eigenvalue weighted by Gasteiger charge is -2.09. The van der Waals surface area contributed by atoms with Crippen molar-refractivity contribution in [1.82, 2.24) is 24.0 Å². The Morgan fingerprint density at radius 2 is 1.92 bits per heavy atom. The first-order valence-corrected chi connectivity index (χ1v) is 8.31. The van der Waals surface area contributed by atoms with E-state index in [0.717, 1.165) is 6.42 Å². The average Bonchev–Trinajstić information content (AvgIpc) is 2.87. The van der Waals surface area contributed by atoms with Crippen molar-refractivity contribution in [2.75, 3.05) is 0 Å². The Balaban J connectivity index is 2.41. The predicted octanol–water partition coefficient (Wildman–Crippen LogP) is -0.379. The number of carbonyl (C=O) groups is 1. The molecule has 2 aromatic heterocycles. The summed E-state index contributed by atoms with van der Waals surface area (Å²) in [5, 5.41) is 11.9. The third-order valence-corrected chi connectivity index (χ3v) is 4.20. The van der Waals surface area contributed by atoms with Crippen LogP contribution >= 0.6 is 0 Å². The van der Waals surface area contributed by atoms with E-state index < -0.39 is 11.8 Å². The van der Waals surface area contributed by atoms with Gasteiger partial charge in [-0.3, -0.25) is 18.7 Å². The third-order valence-electron chi connectivity index (χ3n) is 4.20. The van der Waals surface area contributed by atoms with Gasteiger partial charge in [0.05, 0.1) is 12.6 Å². The highest BCUT2D eigenvalue weighted by Crippen LogP contribution is 2.09. The van der Waals surface area contributed by atoms with Crippen LogP contribution in [0.5, 0.6) is 0 Å². The number of aromatic nitrogens is 4. The molecule has 0 bridgehead atoms. The van der Waals surface area contributed by atoms with Crippen molar-refractivity contribution in [2.45, 2.75) is 52.3 Å². The van der Waals surface area contributed by atoms with Gasteiger partial charge in [-0.1, -0.05) is 0 Å². The number of hydrogen-bond acceptors (Lipinski definition) is 5. The van der Waals surface area contributed by atoms with Crippen molar-refractivity contribution in [3.8, 4) is 0 Å². The number of imidazole rings is 1.